The Bertz CT molecular complexity index is 710. The molecule has 0 heterocycles. The fraction of sp³-hybridized carbons (Fsp3) is 0. The Labute approximate surface area is 137 Å². The number of hydrogen-bond donors (Lipinski definition) is 2. The molecule has 0 saturated carbocycles. The first-order valence-corrected chi connectivity index (χ1v) is 8.04. The molecular weight excluding hydrogens is 496 g/mol. The lowest BCUT2D eigenvalue weighted by Gasteiger charge is -2.29. The van der Waals surface area contributed by atoms with E-state index in [9.17, 15) is 10.2 Å². The first kappa shape index (κ1) is 13.0. The van der Waals surface area contributed by atoms with Gasteiger partial charge in [-0.05, 0) is 75.3 Å². The van der Waals surface area contributed by atoms with Crippen molar-refractivity contribution in [3.8, 4) is 33.8 Å². The maximum atomic E-state index is 10.0. The highest BCUT2D eigenvalue weighted by Crippen LogP contribution is 2.62. The van der Waals surface area contributed by atoms with E-state index in [0.29, 0.717) is 10.0 Å². The molecule has 2 nitrogen and oxygen atoms in total. The van der Waals surface area contributed by atoms with Crippen LogP contribution in [-0.4, -0.2) is 10.2 Å². The summed E-state index contributed by atoms with van der Waals surface area (Å²) >= 11 is 13.7. The number of phenols is 2. The first-order chi connectivity index (χ1) is 8.45. The van der Waals surface area contributed by atoms with Gasteiger partial charge in [0, 0.05) is 30.1 Å². The van der Waals surface area contributed by atoms with Gasteiger partial charge in [-0.2, -0.15) is 0 Å². The van der Waals surface area contributed by atoms with E-state index in [-0.39, 0.29) is 11.5 Å². The number of phenolic OH excluding ortho intramolecular Hbond substituents is 2. The second kappa shape index (κ2) is 4.23. The van der Waals surface area contributed by atoms with Crippen LogP contribution >= 0.6 is 63.7 Å². The van der Waals surface area contributed by atoms with Crippen LogP contribution in [0.5, 0.6) is 11.5 Å². The molecule has 6 heteroatoms. The second-order valence-corrected chi connectivity index (χ2v) is 7.09. The predicted molar refractivity (Wildman–Crippen MR) is 85.0 cm³/mol. The van der Waals surface area contributed by atoms with Crippen LogP contribution in [0.3, 0.4) is 0 Å². The van der Waals surface area contributed by atoms with Crippen LogP contribution in [0.2, 0.25) is 0 Å². The van der Waals surface area contributed by atoms with E-state index in [1.54, 1.807) is 0 Å². The van der Waals surface area contributed by atoms with Crippen LogP contribution in [0.25, 0.3) is 22.3 Å². The average Bonchev–Trinajstić information content (AvgIpc) is 2.31. The SMILES string of the molecule is Oc1c(O)c2c(c(Br)c1Br)-c1c-2ccc(Br)c1Br. The van der Waals surface area contributed by atoms with Crippen LogP contribution in [0.1, 0.15) is 0 Å². The summed E-state index contributed by atoms with van der Waals surface area (Å²) in [6, 6.07) is 3.81. The van der Waals surface area contributed by atoms with Crippen LogP contribution < -0.4 is 0 Å². The van der Waals surface area contributed by atoms with E-state index < -0.39 is 0 Å². The molecule has 1 aliphatic rings. The largest absolute Gasteiger partial charge is 0.504 e. The number of hydrogen-bond acceptors (Lipinski definition) is 2. The van der Waals surface area contributed by atoms with E-state index in [2.05, 4.69) is 63.7 Å². The van der Waals surface area contributed by atoms with Gasteiger partial charge in [-0.15, -0.1) is 0 Å². The number of benzene rings is 2. The van der Waals surface area contributed by atoms with E-state index in [0.717, 1.165) is 30.1 Å². The molecule has 0 atom stereocenters. The van der Waals surface area contributed by atoms with Crippen molar-refractivity contribution in [3.63, 3.8) is 0 Å². The van der Waals surface area contributed by atoms with E-state index in [1.807, 2.05) is 12.1 Å². The van der Waals surface area contributed by atoms with Gasteiger partial charge in [0.1, 0.15) is 0 Å². The quantitative estimate of drug-likeness (QED) is 0.384. The minimum Gasteiger partial charge on any atom is -0.504 e. The fourth-order valence-corrected chi connectivity index (χ4v) is 3.95. The Morgan fingerprint density at radius 1 is 0.667 bits per heavy atom. The second-order valence-electron chi connectivity index (χ2n) is 3.86. The molecular formula is C12H4Br4O2. The molecule has 0 aliphatic heterocycles. The lowest BCUT2D eigenvalue weighted by Crippen LogP contribution is -2.02. The Kier molecular flexibility index (Phi) is 3.05. The summed E-state index contributed by atoms with van der Waals surface area (Å²) in [5, 5.41) is 19.9. The molecule has 0 amide bonds. The fourth-order valence-electron chi connectivity index (χ4n) is 2.10. The Balaban J connectivity index is 2.42. The third-order valence-corrected chi connectivity index (χ3v) is 7.06. The molecule has 92 valence electrons. The summed E-state index contributed by atoms with van der Waals surface area (Å²) in [7, 11) is 0. The van der Waals surface area contributed by atoms with E-state index in [1.165, 1.54) is 0 Å². The zero-order valence-corrected chi connectivity index (χ0v) is 14.9. The molecule has 2 aromatic carbocycles. The Morgan fingerprint density at radius 3 is 2.00 bits per heavy atom. The highest BCUT2D eigenvalue weighted by Gasteiger charge is 2.34. The molecule has 0 fully saturated rings. The van der Waals surface area contributed by atoms with Crippen molar-refractivity contribution < 1.29 is 10.2 Å². The van der Waals surface area contributed by atoms with Crippen LogP contribution in [0.4, 0.5) is 0 Å². The minimum absolute atomic E-state index is 0.0956. The lowest BCUT2D eigenvalue weighted by atomic mass is 9.80. The van der Waals surface area contributed by atoms with Crippen molar-refractivity contribution >= 4 is 63.7 Å². The van der Waals surface area contributed by atoms with Crippen molar-refractivity contribution in [2.24, 2.45) is 0 Å². The lowest BCUT2D eigenvalue weighted by molar-refractivity contribution is 0.402. The normalized spacial score (nSPS) is 11.8. The van der Waals surface area contributed by atoms with Gasteiger partial charge < -0.3 is 10.2 Å². The highest BCUT2D eigenvalue weighted by atomic mass is 79.9. The number of aromatic hydroxyl groups is 2. The summed E-state index contributed by atoms with van der Waals surface area (Å²) in [6.07, 6.45) is 0. The molecule has 0 spiro atoms. The third-order valence-electron chi connectivity index (χ3n) is 2.95. The molecule has 0 saturated heterocycles. The summed E-state index contributed by atoms with van der Waals surface area (Å²) in [4.78, 5) is 0. The van der Waals surface area contributed by atoms with Crippen LogP contribution in [0, 0.1) is 0 Å². The van der Waals surface area contributed by atoms with Gasteiger partial charge in [0.15, 0.2) is 11.5 Å². The first-order valence-electron chi connectivity index (χ1n) is 4.86. The standard InChI is InChI=1S/C12H4Br4O2/c13-4-2-1-3-5(8(4)14)7-6(3)11(17)12(18)10(16)9(7)15/h1-2,17-18H. The molecule has 18 heavy (non-hydrogen) atoms. The van der Waals surface area contributed by atoms with Crippen molar-refractivity contribution in [3.05, 3.63) is 30.0 Å². The molecule has 0 aromatic heterocycles. The van der Waals surface area contributed by atoms with Gasteiger partial charge in [0.05, 0.1) is 4.47 Å². The van der Waals surface area contributed by atoms with Crippen molar-refractivity contribution in [1.29, 1.82) is 0 Å². The molecule has 1 aliphatic carbocycles. The topological polar surface area (TPSA) is 40.5 Å². The predicted octanol–water partition coefficient (Wildman–Crippen LogP) is 5.80. The third kappa shape index (κ3) is 1.49. The Morgan fingerprint density at radius 2 is 1.33 bits per heavy atom. The number of halogens is 4. The van der Waals surface area contributed by atoms with Gasteiger partial charge in [-0.3, -0.25) is 0 Å². The maximum Gasteiger partial charge on any atom is 0.173 e. The van der Waals surface area contributed by atoms with Gasteiger partial charge in [0.25, 0.3) is 0 Å². The van der Waals surface area contributed by atoms with Gasteiger partial charge in [0.2, 0.25) is 0 Å². The summed E-state index contributed by atoms with van der Waals surface area (Å²) in [5.74, 6) is -0.243. The number of fused-ring (bicyclic) bond motifs is 4. The number of rotatable bonds is 0. The zero-order chi connectivity index (χ0) is 13.2. The maximum absolute atomic E-state index is 10.0. The van der Waals surface area contributed by atoms with Gasteiger partial charge in [-0.1, -0.05) is 6.07 Å². The highest BCUT2D eigenvalue weighted by molar-refractivity contribution is 9.13. The van der Waals surface area contributed by atoms with E-state index >= 15 is 0 Å². The van der Waals surface area contributed by atoms with Crippen molar-refractivity contribution in [2.45, 2.75) is 0 Å². The van der Waals surface area contributed by atoms with Gasteiger partial charge >= 0.3 is 0 Å². The van der Waals surface area contributed by atoms with Gasteiger partial charge in [-0.25, -0.2) is 0 Å². The molecule has 0 radical (unpaired) electrons. The molecule has 0 bridgehead atoms. The molecule has 2 N–H and O–H groups in total. The average molecular weight is 500 g/mol. The summed E-state index contributed by atoms with van der Waals surface area (Å²) in [5.41, 5.74) is 3.49. The smallest absolute Gasteiger partial charge is 0.173 e. The monoisotopic (exact) mass is 496 g/mol. The van der Waals surface area contributed by atoms with Crippen LogP contribution in [-0.2, 0) is 0 Å². The summed E-state index contributed by atoms with van der Waals surface area (Å²) < 4.78 is 3.07. The van der Waals surface area contributed by atoms with Crippen molar-refractivity contribution in [2.75, 3.05) is 0 Å². The molecule has 0 unspecified atom stereocenters. The zero-order valence-electron chi connectivity index (χ0n) is 8.56. The van der Waals surface area contributed by atoms with Crippen LogP contribution in [0.15, 0.2) is 30.0 Å². The van der Waals surface area contributed by atoms with E-state index in [4.69, 9.17) is 0 Å². The van der Waals surface area contributed by atoms with Crippen molar-refractivity contribution in [1.82, 2.24) is 0 Å². The summed E-state index contributed by atoms with van der Waals surface area (Å²) in [6.45, 7) is 0. The molecule has 2 aromatic rings. The minimum atomic E-state index is -0.148. The molecule has 3 rings (SSSR count). The Hall–Kier alpha value is -0.0400.